The van der Waals surface area contributed by atoms with E-state index in [2.05, 4.69) is 5.32 Å². The smallest absolute Gasteiger partial charge is 0.305 e. The Hall–Kier alpha value is -1.10. The molecular formula is C16H29NO4. The number of aliphatic hydroxyl groups is 1. The number of hydrogen-bond acceptors (Lipinski definition) is 3. The van der Waals surface area contributed by atoms with Crippen LogP contribution in [0.1, 0.15) is 78.1 Å². The van der Waals surface area contributed by atoms with Gasteiger partial charge < -0.3 is 15.5 Å². The van der Waals surface area contributed by atoms with Crippen molar-refractivity contribution in [3.8, 4) is 0 Å². The molecule has 0 radical (unpaired) electrons. The highest BCUT2D eigenvalue weighted by atomic mass is 16.4. The summed E-state index contributed by atoms with van der Waals surface area (Å²) in [4.78, 5) is 23.3. The van der Waals surface area contributed by atoms with E-state index in [0.717, 1.165) is 25.7 Å². The summed E-state index contributed by atoms with van der Waals surface area (Å²) in [6.07, 6.45) is 6.20. The molecule has 0 aromatic carbocycles. The third-order valence-electron chi connectivity index (χ3n) is 4.38. The lowest BCUT2D eigenvalue weighted by Gasteiger charge is -2.32. The van der Waals surface area contributed by atoms with Gasteiger partial charge in [-0.05, 0) is 25.7 Å². The van der Waals surface area contributed by atoms with Crippen molar-refractivity contribution in [1.82, 2.24) is 5.32 Å². The predicted molar refractivity (Wildman–Crippen MR) is 81.0 cm³/mol. The molecular weight excluding hydrogens is 270 g/mol. The Morgan fingerprint density at radius 2 is 1.67 bits per heavy atom. The molecule has 0 aliphatic heterocycles. The number of carbonyl (C=O) groups is 2. The Bertz CT molecular complexity index is 355. The van der Waals surface area contributed by atoms with E-state index in [9.17, 15) is 14.7 Å². The number of carbonyl (C=O) groups excluding carboxylic acids is 1. The van der Waals surface area contributed by atoms with Crippen LogP contribution >= 0.6 is 0 Å². The van der Waals surface area contributed by atoms with Crippen molar-refractivity contribution in [2.45, 2.75) is 89.2 Å². The van der Waals surface area contributed by atoms with Crippen LogP contribution in [0.5, 0.6) is 0 Å². The summed E-state index contributed by atoms with van der Waals surface area (Å²) in [6.45, 7) is 3.98. The third-order valence-corrected chi connectivity index (χ3v) is 4.38. The van der Waals surface area contributed by atoms with Gasteiger partial charge in [-0.3, -0.25) is 9.59 Å². The Labute approximate surface area is 127 Å². The number of hydrogen-bond donors (Lipinski definition) is 3. The lowest BCUT2D eigenvalue weighted by Crippen LogP contribution is -2.50. The summed E-state index contributed by atoms with van der Waals surface area (Å²) >= 11 is 0. The Kier molecular flexibility index (Phi) is 6.65. The van der Waals surface area contributed by atoms with Crippen LogP contribution in [0.2, 0.25) is 0 Å². The summed E-state index contributed by atoms with van der Waals surface area (Å²) in [5.41, 5.74) is -1.57. The minimum absolute atomic E-state index is 0.0290. The number of rotatable bonds is 9. The van der Waals surface area contributed by atoms with Gasteiger partial charge in [-0.2, -0.15) is 0 Å². The summed E-state index contributed by atoms with van der Waals surface area (Å²) in [6, 6.07) is 0. The molecule has 3 N–H and O–H groups in total. The molecule has 1 saturated carbocycles. The van der Waals surface area contributed by atoms with Crippen LogP contribution < -0.4 is 5.32 Å². The Morgan fingerprint density at radius 3 is 2.10 bits per heavy atom. The highest BCUT2D eigenvalue weighted by Gasteiger charge is 2.39. The summed E-state index contributed by atoms with van der Waals surface area (Å²) in [5.74, 6) is -1.10. The SMILES string of the molecule is CCCC(O)(CCC)CC(=O)NC1(CC(=O)O)CCCC1. The molecule has 1 aliphatic carbocycles. The lowest BCUT2D eigenvalue weighted by atomic mass is 9.87. The van der Waals surface area contributed by atoms with Crippen molar-refractivity contribution in [1.29, 1.82) is 0 Å². The highest BCUT2D eigenvalue weighted by Crippen LogP contribution is 2.33. The molecule has 122 valence electrons. The van der Waals surface area contributed by atoms with E-state index in [1.807, 2.05) is 13.8 Å². The maximum absolute atomic E-state index is 12.3. The first kappa shape index (κ1) is 18.0. The maximum atomic E-state index is 12.3. The van der Waals surface area contributed by atoms with Gasteiger partial charge in [-0.1, -0.05) is 39.5 Å². The molecule has 0 spiro atoms. The van der Waals surface area contributed by atoms with E-state index in [1.54, 1.807) is 0 Å². The maximum Gasteiger partial charge on any atom is 0.305 e. The van der Waals surface area contributed by atoms with E-state index in [0.29, 0.717) is 25.7 Å². The monoisotopic (exact) mass is 299 g/mol. The minimum atomic E-state index is -0.962. The van der Waals surface area contributed by atoms with E-state index < -0.39 is 17.1 Å². The topological polar surface area (TPSA) is 86.6 Å². The number of aliphatic carboxylic acids is 1. The van der Waals surface area contributed by atoms with Gasteiger partial charge in [0.25, 0.3) is 0 Å². The molecule has 0 unspecified atom stereocenters. The minimum Gasteiger partial charge on any atom is -0.481 e. The van der Waals surface area contributed by atoms with E-state index in [1.165, 1.54) is 0 Å². The molecule has 1 amide bonds. The van der Waals surface area contributed by atoms with Crippen LogP contribution in [0.4, 0.5) is 0 Å². The summed E-state index contributed by atoms with van der Waals surface area (Å²) in [7, 11) is 0. The highest BCUT2D eigenvalue weighted by molar-refractivity contribution is 5.79. The first-order valence-corrected chi connectivity index (χ1v) is 8.10. The first-order valence-electron chi connectivity index (χ1n) is 8.10. The van der Waals surface area contributed by atoms with Crippen LogP contribution in [-0.4, -0.2) is 33.2 Å². The van der Waals surface area contributed by atoms with Crippen LogP contribution in [0.15, 0.2) is 0 Å². The van der Waals surface area contributed by atoms with E-state index in [4.69, 9.17) is 5.11 Å². The van der Waals surface area contributed by atoms with Gasteiger partial charge in [0, 0.05) is 0 Å². The van der Waals surface area contributed by atoms with Crippen molar-refractivity contribution >= 4 is 11.9 Å². The zero-order valence-electron chi connectivity index (χ0n) is 13.3. The largest absolute Gasteiger partial charge is 0.481 e. The van der Waals surface area contributed by atoms with Crippen LogP contribution in [0, 0.1) is 0 Å². The second-order valence-corrected chi connectivity index (χ2v) is 6.51. The third kappa shape index (κ3) is 5.65. The summed E-state index contributed by atoms with van der Waals surface area (Å²) in [5, 5.41) is 22.5. The summed E-state index contributed by atoms with van der Waals surface area (Å²) < 4.78 is 0. The van der Waals surface area contributed by atoms with Crippen molar-refractivity contribution in [2.24, 2.45) is 0 Å². The van der Waals surface area contributed by atoms with Gasteiger partial charge in [-0.25, -0.2) is 0 Å². The fraction of sp³-hybridized carbons (Fsp3) is 0.875. The molecule has 0 saturated heterocycles. The number of carboxylic acid groups (broad SMARTS) is 1. The molecule has 1 fully saturated rings. The number of nitrogens with one attached hydrogen (secondary N) is 1. The molecule has 21 heavy (non-hydrogen) atoms. The number of carboxylic acids is 1. The van der Waals surface area contributed by atoms with E-state index >= 15 is 0 Å². The molecule has 1 aliphatic rings. The normalized spacial score (nSPS) is 17.7. The van der Waals surface area contributed by atoms with Crippen LogP contribution in [0.25, 0.3) is 0 Å². The molecule has 1 rings (SSSR count). The fourth-order valence-corrected chi connectivity index (χ4v) is 3.56. The Balaban J connectivity index is 2.66. The van der Waals surface area contributed by atoms with Gasteiger partial charge in [0.1, 0.15) is 0 Å². The van der Waals surface area contributed by atoms with Gasteiger partial charge in [0.15, 0.2) is 0 Å². The molecule has 0 aromatic rings. The average Bonchev–Trinajstić information content (AvgIpc) is 2.75. The number of amides is 1. The van der Waals surface area contributed by atoms with Crippen molar-refractivity contribution in [3.05, 3.63) is 0 Å². The lowest BCUT2D eigenvalue weighted by molar-refractivity contribution is -0.139. The molecule has 0 heterocycles. The quantitative estimate of drug-likeness (QED) is 0.611. The average molecular weight is 299 g/mol. The molecule has 5 nitrogen and oxygen atoms in total. The fourth-order valence-electron chi connectivity index (χ4n) is 3.56. The second-order valence-electron chi connectivity index (χ2n) is 6.51. The van der Waals surface area contributed by atoms with Gasteiger partial charge >= 0.3 is 5.97 Å². The van der Waals surface area contributed by atoms with Gasteiger partial charge in [0.05, 0.1) is 24.0 Å². The van der Waals surface area contributed by atoms with Crippen molar-refractivity contribution < 1.29 is 19.8 Å². The van der Waals surface area contributed by atoms with Crippen LogP contribution in [-0.2, 0) is 9.59 Å². The Morgan fingerprint density at radius 1 is 1.14 bits per heavy atom. The van der Waals surface area contributed by atoms with Crippen molar-refractivity contribution in [2.75, 3.05) is 0 Å². The molecule has 5 heteroatoms. The standard InChI is InChI=1S/C16H29NO4/c1-3-7-16(21,8-4-2)11-13(18)17-15(12-14(19)20)9-5-6-10-15/h21H,3-12H2,1-2H3,(H,17,18)(H,19,20). The molecule has 0 bridgehead atoms. The second kappa shape index (κ2) is 7.78. The molecule has 0 atom stereocenters. The van der Waals surface area contributed by atoms with Crippen LogP contribution in [0.3, 0.4) is 0 Å². The van der Waals surface area contributed by atoms with Gasteiger partial charge in [-0.15, -0.1) is 0 Å². The predicted octanol–water partition coefficient (Wildman–Crippen LogP) is 2.61. The first-order chi connectivity index (χ1) is 9.85. The van der Waals surface area contributed by atoms with Gasteiger partial charge in [0.2, 0.25) is 5.91 Å². The zero-order chi connectivity index (χ0) is 15.9. The van der Waals surface area contributed by atoms with Crippen molar-refractivity contribution in [3.63, 3.8) is 0 Å². The zero-order valence-corrected chi connectivity index (χ0v) is 13.3. The molecule has 0 aromatic heterocycles. The van der Waals surface area contributed by atoms with E-state index in [-0.39, 0.29) is 18.7 Å².